The van der Waals surface area contributed by atoms with Crippen molar-refractivity contribution in [2.45, 2.75) is 6.42 Å². The predicted octanol–water partition coefficient (Wildman–Crippen LogP) is 1.86. The molecule has 0 atom stereocenters. The lowest BCUT2D eigenvalue weighted by Crippen LogP contribution is -2.14. The molecule has 0 fully saturated rings. The topological polar surface area (TPSA) is 21.6 Å². The van der Waals surface area contributed by atoms with Crippen LogP contribution in [0.4, 0.5) is 0 Å². The molecule has 0 aromatic carbocycles. The molecule has 0 amide bonds. The van der Waals surface area contributed by atoms with Gasteiger partial charge in [0.2, 0.25) is 0 Å². The minimum absolute atomic E-state index is 0.705. The Balaban J connectivity index is 2.34. The number of fused-ring (bicyclic) bond motifs is 1. The van der Waals surface area contributed by atoms with Crippen molar-refractivity contribution in [2.24, 2.45) is 4.99 Å². The first-order valence-electron chi connectivity index (χ1n) is 4.18. The number of hydrogen-bond donors (Lipinski definition) is 0. The normalized spacial score (nSPS) is 31.0. The fourth-order valence-electron chi connectivity index (χ4n) is 1.23. The molecule has 0 saturated carbocycles. The summed E-state index contributed by atoms with van der Waals surface area (Å²) in [5.74, 6) is 0.897. The van der Waals surface area contributed by atoms with Crippen molar-refractivity contribution in [1.29, 1.82) is 0 Å². The Morgan fingerprint density at radius 2 is 2.33 bits per heavy atom. The summed E-state index contributed by atoms with van der Waals surface area (Å²) < 4.78 is 5.45. The minimum atomic E-state index is 0.705. The lowest BCUT2D eigenvalue weighted by atomic mass is 10.2. The van der Waals surface area contributed by atoms with Crippen molar-refractivity contribution in [3.05, 3.63) is 36.1 Å². The van der Waals surface area contributed by atoms with Crippen LogP contribution in [0.5, 0.6) is 0 Å². The Morgan fingerprint density at radius 3 is 3.33 bits per heavy atom. The van der Waals surface area contributed by atoms with Crippen LogP contribution in [-0.4, -0.2) is 18.9 Å². The fraction of sp³-hybridized carbons (Fsp3) is 0.300. The van der Waals surface area contributed by atoms with E-state index in [0.29, 0.717) is 6.61 Å². The maximum atomic E-state index is 5.45. The van der Waals surface area contributed by atoms with E-state index < -0.39 is 0 Å². The zero-order valence-corrected chi connectivity index (χ0v) is 6.86. The van der Waals surface area contributed by atoms with Crippen LogP contribution in [0.25, 0.3) is 0 Å². The van der Waals surface area contributed by atoms with Crippen molar-refractivity contribution in [3.63, 3.8) is 0 Å². The van der Waals surface area contributed by atoms with Crippen molar-refractivity contribution in [2.75, 3.05) is 13.2 Å². The van der Waals surface area contributed by atoms with E-state index in [1.807, 2.05) is 18.2 Å². The van der Waals surface area contributed by atoms with Gasteiger partial charge < -0.3 is 4.74 Å². The maximum Gasteiger partial charge on any atom is 0.144 e. The van der Waals surface area contributed by atoms with Crippen LogP contribution < -0.4 is 0 Å². The molecule has 1 aliphatic heterocycles. The van der Waals surface area contributed by atoms with E-state index in [2.05, 4.69) is 17.1 Å². The Hall–Kier alpha value is -1.31. The second-order valence-corrected chi connectivity index (χ2v) is 2.71. The molecule has 1 heterocycles. The quantitative estimate of drug-likeness (QED) is 0.531. The average molecular weight is 161 g/mol. The molecule has 0 unspecified atom stereocenters. The van der Waals surface area contributed by atoms with Gasteiger partial charge >= 0.3 is 0 Å². The second kappa shape index (κ2) is 3.39. The number of rotatable bonds is 0. The number of ether oxygens (including phenoxy) is 1. The summed E-state index contributed by atoms with van der Waals surface area (Å²) >= 11 is 0. The molecular weight excluding hydrogens is 150 g/mol. The monoisotopic (exact) mass is 161 g/mol. The van der Waals surface area contributed by atoms with Crippen LogP contribution >= 0.6 is 0 Å². The summed E-state index contributed by atoms with van der Waals surface area (Å²) in [6.07, 6.45) is 11.2. The summed E-state index contributed by atoms with van der Waals surface area (Å²) in [5, 5.41) is 0. The third kappa shape index (κ3) is 1.47. The molecule has 12 heavy (non-hydrogen) atoms. The average Bonchev–Trinajstić information content (AvgIpc) is 2.06. The number of hydrogen-bond acceptors (Lipinski definition) is 2. The fourth-order valence-corrected chi connectivity index (χ4v) is 1.23. The van der Waals surface area contributed by atoms with Crippen molar-refractivity contribution < 1.29 is 4.74 Å². The molecule has 1 aliphatic carbocycles. The van der Waals surface area contributed by atoms with E-state index in [1.54, 1.807) is 0 Å². The molecule has 2 aliphatic rings. The highest BCUT2D eigenvalue weighted by Gasteiger charge is 2.09. The van der Waals surface area contributed by atoms with Crippen LogP contribution in [0.1, 0.15) is 6.42 Å². The van der Waals surface area contributed by atoms with E-state index in [0.717, 1.165) is 24.4 Å². The Kier molecular flexibility index (Phi) is 2.08. The highest BCUT2D eigenvalue weighted by molar-refractivity contribution is 6.07. The summed E-state index contributed by atoms with van der Waals surface area (Å²) in [7, 11) is 0. The standard InChI is InChI=1S/C10H11NO/c1-2-4-6-10-9(5-3-1)11-7-8-12-10/h2-6H,1,7-8H2/b4-2-,5-3-,10-6+. The van der Waals surface area contributed by atoms with E-state index in [9.17, 15) is 0 Å². The Morgan fingerprint density at radius 1 is 1.33 bits per heavy atom. The molecule has 0 bridgehead atoms. The highest BCUT2D eigenvalue weighted by atomic mass is 16.5. The smallest absolute Gasteiger partial charge is 0.144 e. The van der Waals surface area contributed by atoms with Gasteiger partial charge in [0.05, 0.1) is 12.3 Å². The molecule has 0 aromatic rings. The second-order valence-electron chi connectivity index (χ2n) is 2.71. The van der Waals surface area contributed by atoms with Gasteiger partial charge in [-0.2, -0.15) is 0 Å². The number of nitrogens with zero attached hydrogens (tertiary/aromatic N) is 1. The van der Waals surface area contributed by atoms with Gasteiger partial charge in [0.25, 0.3) is 0 Å². The molecule has 2 nitrogen and oxygen atoms in total. The van der Waals surface area contributed by atoms with Crippen molar-refractivity contribution in [1.82, 2.24) is 0 Å². The van der Waals surface area contributed by atoms with E-state index >= 15 is 0 Å². The van der Waals surface area contributed by atoms with Crippen molar-refractivity contribution in [3.8, 4) is 0 Å². The third-order valence-corrected chi connectivity index (χ3v) is 1.82. The molecule has 0 saturated heterocycles. The highest BCUT2D eigenvalue weighted by Crippen LogP contribution is 2.10. The molecule has 2 heteroatoms. The van der Waals surface area contributed by atoms with Gasteiger partial charge in [-0.15, -0.1) is 0 Å². The van der Waals surface area contributed by atoms with Gasteiger partial charge in [-0.05, 0) is 18.6 Å². The molecule has 0 radical (unpaired) electrons. The predicted molar refractivity (Wildman–Crippen MR) is 49.2 cm³/mol. The molecule has 0 aromatic heterocycles. The summed E-state index contributed by atoms with van der Waals surface area (Å²) in [6, 6.07) is 0. The molecular formula is C10H11NO. The summed E-state index contributed by atoms with van der Waals surface area (Å²) in [4.78, 5) is 4.36. The van der Waals surface area contributed by atoms with Gasteiger partial charge in [0, 0.05) is 0 Å². The minimum Gasteiger partial charge on any atom is -0.489 e. The zero-order chi connectivity index (χ0) is 8.23. The Bertz CT molecular complexity index is 284. The largest absolute Gasteiger partial charge is 0.489 e. The number of allylic oxidation sites excluding steroid dienone is 5. The van der Waals surface area contributed by atoms with E-state index in [-0.39, 0.29) is 0 Å². The van der Waals surface area contributed by atoms with Crippen LogP contribution in [0.15, 0.2) is 41.1 Å². The van der Waals surface area contributed by atoms with Crippen LogP contribution in [0.3, 0.4) is 0 Å². The molecule has 0 N–H and O–H groups in total. The third-order valence-electron chi connectivity index (χ3n) is 1.82. The van der Waals surface area contributed by atoms with Crippen LogP contribution in [0.2, 0.25) is 0 Å². The summed E-state index contributed by atoms with van der Waals surface area (Å²) in [5.41, 5.74) is 0.977. The first-order valence-corrected chi connectivity index (χ1v) is 4.18. The lowest BCUT2D eigenvalue weighted by Gasteiger charge is -2.15. The van der Waals surface area contributed by atoms with Gasteiger partial charge in [0.15, 0.2) is 0 Å². The summed E-state index contributed by atoms with van der Waals surface area (Å²) in [6.45, 7) is 1.48. The molecule has 62 valence electrons. The van der Waals surface area contributed by atoms with Gasteiger partial charge in [-0.1, -0.05) is 18.2 Å². The van der Waals surface area contributed by atoms with E-state index in [1.165, 1.54) is 0 Å². The van der Waals surface area contributed by atoms with Gasteiger partial charge in [0.1, 0.15) is 12.4 Å². The maximum absolute atomic E-state index is 5.45. The first-order chi connectivity index (χ1) is 5.97. The van der Waals surface area contributed by atoms with Crippen molar-refractivity contribution >= 4 is 5.71 Å². The van der Waals surface area contributed by atoms with Crippen LogP contribution in [-0.2, 0) is 4.74 Å². The number of aliphatic imine (C=N–C) groups is 1. The zero-order valence-electron chi connectivity index (χ0n) is 6.86. The van der Waals surface area contributed by atoms with E-state index in [4.69, 9.17) is 4.74 Å². The first kappa shape index (κ1) is 7.35. The molecule has 0 spiro atoms. The van der Waals surface area contributed by atoms with Crippen LogP contribution in [0, 0.1) is 0 Å². The SMILES string of the molecule is C1=C\C/C=C\C2=NCCO/C2=C/1. The lowest BCUT2D eigenvalue weighted by molar-refractivity contribution is 0.232. The van der Waals surface area contributed by atoms with Gasteiger partial charge in [-0.3, -0.25) is 4.99 Å². The molecule has 2 rings (SSSR count). The Labute approximate surface area is 72.0 Å². The van der Waals surface area contributed by atoms with Gasteiger partial charge in [-0.25, -0.2) is 0 Å².